The van der Waals surface area contributed by atoms with Gasteiger partial charge in [0.15, 0.2) is 0 Å². The molecule has 2 aromatic rings. The Morgan fingerprint density at radius 1 is 1.40 bits per heavy atom. The number of aromatic nitrogens is 2. The van der Waals surface area contributed by atoms with Crippen molar-refractivity contribution in [3.63, 3.8) is 0 Å². The third-order valence-corrected chi connectivity index (χ3v) is 4.32. The fourth-order valence-electron chi connectivity index (χ4n) is 2.96. The van der Waals surface area contributed by atoms with Crippen LogP contribution in [-0.2, 0) is 0 Å². The number of aromatic amines is 1. The summed E-state index contributed by atoms with van der Waals surface area (Å²) in [5, 5.41) is 13.0. The Labute approximate surface area is 121 Å². The summed E-state index contributed by atoms with van der Waals surface area (Å²) in [5.74, 6) is 0.423. The number of hydrogen-bond donors (Lipinski definition) is 3. The highest BCUT2D eigenvalue weighted by Crippen LogP contribution is 2.34. The highest BCUT2D eigenvalue weighted by Gasteiger charge is 2.24. The zero-order valence-electron chi connectivity index (χ0n) is 10.9. The van der Waals surface area contributed by atoms with E-state index in [-0.39, 0.29) is 6.04 Å². The standard InChI is InChI=1S/C14H16ClN3O2/c15-11-5-6-16-13-10(11)7-12(18-13)8-1-3-9(4-2-8)17-14(19)20/h5-9,17H,1-4H2,(H,16,18)(H,19,20). The molecule has 0 aromatic carbocycles. The van der Waals surface area contributed by atoms with E-state index in [9.17, 15) is 4.79 Å². The number of hydrogen-bond acceptors (Lipinski definition) is 2. The number of carbonyl (C=O) groups is 1. The lowest BCUT2D eigenvalue weighted by molar-refractivity contribution is 0.185. The van der Waals surface area contributed by atoms with E-state index in [4.69, 9.17) is 16.7 Å². The summed E-state index contributed by atoms with van der Waals surface area (Å²) >= 11 is 6.15. The topological polar surface area (TPSA) is 78.0 Å². The Bertz CT molecular complexity index is 632. The maximum absolute atomic E-state index is 10.6. The van der Waals surface area contributed by atoms with Crippen LogP contribution in [0.1, 0.15) is 37.3 Å². The van der Waals surface area contributed by atoms with Gasteiger partial charge < -0.3 is 15.4 Å². The van der Waals surface area contributed by atoms with Crippen LogP contribution in [0.25, 0.3) is 11.0 Å². The monoisotopic (exact) mass is 293 g/mol. The number of carboxylic acid groups (broad SMARTS) is 1. The van der Waals surface area contributed by atoms with E-state index in [2.05, 4.69) is 21.4 Å². The molecule has 0 aliphatic heterocycles. The first-order valence-corrected chi connectivity index (χ1v) is 7.14. The van der Waals surface area contributed by atoms with Gasteiger partial charge in [0.1, 0.15) is 5.65 Å². The zero-order valence-corrected chi connectivity index (χ0v) is 11.7. The maximum Gasteiger partial charge on any atom is 0.404 e. The second kappa shape index (κ2) is 5.32. The molecule has 2 aromatic heterocycles. The minimum Gasteiger partial charge on any atom is -0.465 e. The van der Waals surface area contributed by atoms with Gasteiger partial charge in [-0.3, -0.25) is 0 Å². The second-order valence-electron chi connectivity index (χ2n) is 5.28. The smallest absolute Gasteiger partial charge is 0.404 e. The van der Waals surface area contributed by atoms with E-state index >= 15 is 0 Å². The van der Waals surface area contributed by atoms with Gasteiger partial charge in [-0.25, -0.2) is 9.78 Å². The molecular formula is C14H16ClN3O2. The molecule has 5 nitrogen and oxygen atoms in total. The largest absolute Gasteiger partial charge is 0.465 e. The predicted molar refractivity (Wildman–Crippen MR) is 77.3 cm³/mol. The molecule has 1 aliphatic rings. The number of H-pyrrole nitrogens is 1. The van der Waals surface area contributed by atoms with Crippen LogP contribution in [0.5, 0.6) is 0 Å². The maximum atomic E-state index is 10.6. The van der Waals surface area contributed by atoms with Gasteiger partial charge in [-0.05, 0) is 43.7 Å². The number of rotatable bonds is 2. The van der Waals surface area contributed by atoms with Crippen LogP contribution >= 0.6 is 11.6 Å². The minimum atomic E-state index is -0.935. The normalized spacial score (nSPS) is 22.9. The molecule has 0 atom stereocenters. The van der Waals surface area contributed by atoms with Crippen molar-refractivity contribution in [2.75, 3.05) is 0 Å². The molecule has 3 N–H and O–H groups in total. The zero-order chi connectivity index (χ0) is 14.1. The lowest BCUT2D eigenvalue weighted by atomic mass is 9.84. The van der Waals surface area contributed by atoms with Crippen LogP contribution in [-0.4, -0.2) is 27.2 Å². The van der Waals surface area contributed by atoms with E-state index in [1.807, 2.05) is 0 Å². The Hall–Kier alpha value is -1.75. The van der Waals surface area contributed by atoms with Crippen LogP contribution in [0.2, 0.25) is 5.02 Å². The van der Waals surface area contributed by atoms with Gasteiger partial charge in [0, 0.05) is 23.3 Å². The summed E-state index contributed by atoms with van der Waals surface area (Å²) in [6, 6.07) is 3.94. The number of nitrogens with one attached hydrogen (secondary N) is 2. The van der Waals surface area contributed by atoms with E-state index in [0.29, 0.717) is 10.9 Å². The first kappa shape index (κ1) is 13.2. The number of nitrogens with zero attached hydrogens (tertiary/aromatic N) is 1. The fourth-order valence-corrected chi connectivity index (χ4v) is 3.16. The van der Waals surface area contributed by atoms with Crippen molar-refractivity contribution in [3.05, 3.63) is 29.0 Å². The molecule has 0 bridgehead atoms. The van der Waals surface area contributed by atoms with E-state index < -0.39 is 6.09 Å². The molecule has 2 heterocycles. The Balaban J connectivity index is 1.73. The van der Waals surface area contributed by atoms with E-state index in [1.165, 1.54) is 0 Å². The van der Waals surface area contributed by atoms with Gasteiger partial charge in [-0.15, -0.1) is 0 Å². The Kier molecular flexibility index (Phi) is 3.53. The van der Waals surface area contributed by atoms with Gasteiger partial charge in [0.25, 0.3) is 0 Å². The highest BCUT2D eigenvalue weighted by atomic mass is 35.5. The molecule has 1 amide bonds. The number of amides is 1. The molecule has 1 aliphatic carbocycles. The number of pyridine rings is 1. The number of fused-ring (bicyclic) bond motifs is 1. The summed E-state index contributed by atoms with van der Waals surface area (Å²) in [5.41, 5.74) is 1.97. The third kappa shape index (κ3) is 2.58. The molecule has 1 saturated carbocycles. The Morgan fingerprint density at radius 3 is 2.80 bits per heavy atom. The van der Waals surface area contributed by atoms with Gasteiger partial charge >= 0.3 is 6.09 Å². The second-order valence-corrected chi connectivity index (χ2v) is 5.68. The van der Waals surface area contributed by atoms with Crippen LogP contribution in [0.15, 0.2) is 18.3 Å². The molecule has 0 unspecified atom stereocenters. The Morgan fingerprint density at radius 2 is 2.15 bits per heavy atom. The molecular weight excluding hydrogens is 278 g/mol. The number of halogens is 1. The van der Waals surface area contributed by atoms with Crippen molar-refractivity contribution >= 4 is 28.7 Å². The van der Waals surface area contributed by atoms with Crippen molar-refractivity contribution in [3.8, 4) is 0 Å². The van der Waals surface area contributed by atoms with Gasteiger partial charge in [0.2, 0.25) is 0 Å². The van der Waals surface area contributed by atoms with Crippen molar-refractivity contribution in [1.82, 2.24) is 15.3 Å². The molecule has 0 saturated heterocycles. The van der Waals surface area contributed by atoms with Crippen LogP contribution in [0.4, 0.5) is 4.79 Å². The van der Waals surface area contributed by atoms with Crippen molar-refractivity contribution in [2.24, 2.45) is 0 Å². The summed E-state index contributed by atoms with van der Waals surface area (Å²) in [6.07, 6.45) is 4.43. The summed E-state index contributed by atoms with van der Waals surface area (Å²) in [4.78, 5) is 18.2. The van der Waals surface area contributed by atoms with Gasteiger partial charge in [0.05, 0.1) is 5.02 Å². The van der Waals surface area contributed by atoms with Crippen LogP contribution in [0, 0.1) is 0 Å². The quantitative estimate of drug-likeness (QED) is 0.793. The summed E-state index contributed by atoms with van der Waals surface area (Å²) < 4.78 is 0. The van der Waals surface area contributed by atoms with E-state index in [1.54, 1.807) is 12.3 Å². The molecule has 6 heteroatoms. The summed E-state index contributed by atoms with van der Waals surface area (Å²) in [7, 11) is 0. The lowest BCUT2D eigenvalue weighted by Crippen LogP contribution is -2.36. The van der Waals surface area contributed by atoms with Crippen LogP contribution in [0.3, 0.4) is 0 Å². The molecule has 0 radical (unpaired) electrons. The third-order valence-electron chi connectivity index (χ3n) is 3.99. The fraction of sp³-hybridized carbons (Fsp3) is 0.429. The average molecular weight is 294 g/mol. The first-order chi connectivity index (χ1) is 9.63. The van der Waals surface area contributed by atoms with Crippen molar-refractivity contribution in [2.45, 2.75) is 37.6 Å². The van der Waals surface area contributed by atoms with Crippen molar-refractivity contribution < 1.29 is 9.90 Å². The van der Waals surface area contributed by atoms with Crippen molar-refractivity contribution in [1.29, 1.82) is 0 Å². The van der Waals surface area contributed by atoms with Crippen LogP contribution < -0.4 is 5.32 Å². The SMILES string of the molecule is O=C(O)NC1CCC(c2cc3c(Cl)ccnc3[nH]2)CC1. The highest BCUT2D eigenvalue weighted by molar-refractivity contribution is 6.35. The minimum absolute atomic E-state index is 0.0786. The molecule has 0 spiro atoms. The molecule has 20 heavy (non-hydrogen) atoms. The first-order valence-electron chi connectivity index (χ1n) is 6.76. The van der Waals surface area contributed by atoms with Gasteiger partial charge in [-0.2, -0.15) is 0 Å². The summed E-state index contributed by atoms with van der Waals surface area (Å²) in [6.45, 7) is 0. The average Bonchev–Trinajstić information content (AvgIpc) is 2.84. The van der Waals surface area contributed by atoms with E-state index in [0.717, 1.165) is 42.4 Å². The molecule has 1 fully saturated rings. The molecule has 3 rings (SSSR count). The lowest BCUT2D eigenvalue weighted by Gasteiger charge is -2.27. The van der Waals surface area contributed by atoms with Gasteiger partial charge in [-0.1, -0.05) is 11.6 Å². The predicted octanol–water partition coefficient (Wildman–Crippen LogP) is 3.51. The molecule has 106 valence electrons.